The Hall–Kier alpha value is -2.76. The van der Waals surface area contributed by atoms with E-state index in [1.807, 2.05) is 38.1 Å². The number of benzene rings is 1. The van der Waals surface area contributed by atoms with Crippen molar-refractivity contribution in [3.63, 3.8) is 0 Å². The van der Waals surface area contributed by atoms with Gasteiger partial charge in [0.25, 0.3) is 11.7 Å². The van der Waals surface area contributed by atoms with Crippen LogP contribution in [0, 0.1) is 13.8 Å². The van der Waals surface area contributed by atoms with Crippen molar-refractivity contribution in [1.29, 1.82) is 0 Å². The molecule has 1 saturated carbocycles. The Morgan fingerprint density at radius 1 is 1.17 bits per heavy atom. The number of fused-ring (bicyclic) bond motifs is 1. The Morgan fingerprint density at radius 3 is 2.58 bits per heavy atom. The number of nitrogens with one attached hydrogen (secondary N) is 1. The molecule has 0 atom stereocenters. The lowest BCUT2D eigenvalue weighted by Gasteiger charge is -2.42. The zero-order valence-electron chi connectivity index (χ0n) is 13.8. The van der Waals surface area contributed by atoms with Crippen LogP contribution in [0.2, 0.25) is 0 Å². The van der Waals surface area contributed by atoms with Crippen molar-refractivity contribution in [2.24, 2.45) is 0 Å². The third kappa shape index (κ3) is 2.35. The summed E-state index contributed by atoms with van der Waals surface area (Å²) in [6.45, 7) is 3.83. The minimum Gasteiger partial charge on any atom is -0.340 e. The van der Waals surface area contributed by atoms with Crippen LogP contribution < -0.4 is 5.32 Å². The lowest BCUT2D eigenvalue weighted by atomic mass is 9.72. The first-order valence-electron chi connectivity index (χ1n) is 8.16. The summed E-state index contributed by atoms with van der Waals surface area (Å²) in [6, 6.07) is 12.0. The number of aromatic nitrogens is 4. The Balaban J connectivity index is 1.66. The van der Waals surface area contributed by atoms with Crippen molar-refractivity contribution in [2.75, 3.05) is 0 Å². The van der Waals surface area contributed by atoms with Gasteiger partial charge in [0.15, 0.2) is 0 Å². The molecular weight excluding hydrogens is 302 g/mol. The Labute approximate surface area is 139 Å². The van der Waals surface area contributed by atoms with E-state index in [1.54, 1.807) is 4.52 Å². The van der Waals surface area contributed by atoms with E-state index in [2.05, 4.69) is 32.5 Å². The maximum atomic E-state index is 12.7. The van der Waals surface area contributed by atoms with Gasteiger partial charge in [-0.05, 0) is 44.7 Å². The number of hydrogen-bond acceptors (Lipinski definition) is 4. The molecule has 0 radical (unpaired) electrons. The second-order valence-corrected chi connectivity index (χ2v) is 6.44. The fourth-order valence-electron chi connectivity index (χ4n) is 3.31. The molecular formula is C18H19N5O. The number of nitrogens with zero attached hydrogens (tertiary/aromatic N) is 4. The summed E-state index contributed by atoms with van der Waals surface area (Å²) in [5, 5.41) is 7.47. The second kappa shape index (κ2) is 5.40. The zero-order chi connectivity index (χ0) is 16.7. The molecule has 3 aromatic rings. The predicted octanol–water partition coefficient (Wildman–Crippen LogP) is 2.55. The predicted molar refractivity (Wildman–Crippen MR) is 89.7 cm³/mol. The van der Waals surface area contributed by atoms with Crippen LogP contribution in [0.1, 0.15) is 46.8 Å². The minimum atomic E-state index is -0.297. The molecule has 122 valence electrons. The van der Waals surface area contributed by atoms with Crippen molar-refractivity contribution in [1.82, 2.24) is 24.9 Å². The number of rotatable bonds is 3. The smallest absolute Gasteiger partial charge is 0.291 e. The van der Waals surface area contributed by atoms with E-state index in [0.29, 0.717) is 5.78 Å². The number of amides is 1. The Morgan fingerprint density at radius 2 is 1.92 bits per heavy atom. The van der Waals surface area contributed by atoms with Crippen molar-refractivity contribution >= 4 is 11.7 Å². The highest BCUT2D eigenvalue weighted by Gasteiger charge is 2.40. The van der Waals surface area contributed by atoms with Gasteiger partial charge in [-0.3, -0.25) is 4.79 Å². The number of hydrogen-bond donors (Lipinski definition) is 1. The lowest BCUT2D eigenvalue weighted by molar-refractivity contribution is 0.0812. The number of carbonyl (C=O) groups excluding carboxylic acids is 1. The molecule has 0 aliphatic heterocycles. The van der Waals surface area contributed by atoms with E-state index in [-0.39, 0.29) is 17.3 Å². The average molecular weight is 321 g/mol. The molecule has 0 spiro atoms. The average Bonchev–Trinajstić information content (AvgIpc) is 2.96. The molecule has 1 amide bonds. The van der Waals surface area contributed by atoms with Crippen molar-refractivity contribution < 1.29 is 4.79 Å². The van der Waals surface area contributed by atoms with Gasteiger partial charge in [-0.1, -0.05) is 30.3 Å². The van der Waals surface area contributed by atoms with E-state index in [4.69, 9.17) is 0 Å². The van der Waals surface area contributed by atoms with Gasteiger partial charge in [-0.2, -0.15) is 4.98 Å². The molecule has 0 saturated heterocycles. The first-order valence-corrected chi connectivity index (χ1v) is 8.16. The standard InChI is InChI=1S/C18H19N5O/c1-12-11-13(2)23-17(19-12)20-15(22-23)16(24)21-18(9-6-10-18)14-7-4-3-5-8-14/h3-5,7-8,11H,6,9-10H2,1-2H3,(H,21,24). The van der Waals surface area contributed by atoms with Crippen LogP contribution in [-0.2, 0) is 5.54 Å². The van der Waals surface area contributed by atoms with Gasteiger partial charge in [0, 0.05) is 11.4 Å². The highest BCUT2D eigenvalue weighted by atomic mass is 16.2. The number of aryl methyl sites for hydroxylation is 2. The summed E-state index contributed by atoms with van der Waals surface area (Å²) in [5.74, 6) is 0.375. The van der Waals surface area contributed by atoms with Gasteiger partial charge in [0.1, 0.15) is 0 Å². The maximum Gasteiger partial charge on any atom is 0.291 e. The molecule has 6 heteroatoms. The molecule has 24 heavy (non-hydrogen) atoms. The summed E-state index contributed by atoms with van der Waals surface area (Å²) in [7, 11) is 0. The Kier molecular flexibility index (Phi) is 3.33. The quantitative estimate of drug-likeness (QED) is 0.804. The number of carbonyl (C=O) groups is 1. The molecule has 1 aliphatic carbocycles. The fraction of sp³-hybridized carbons (Fsp3) is 0.333. The van der Waals surface area contributed by atoms with E-state index in [0.717, 1.165) is 36.2 Å². The molecule has 0 bridgehead atoms. The lowest BCUT2D eigenvalue weighted by Crippen LogP contribution is -2.51. The van der Waals surface area contributed by atoms with Crippen LogP contribution >= 0.6 is 0 Å². The topological polar surface area (TPSA) is 72.2 Å². The summed E-state index contributed by atoms with van der Waals surface area (Å²) in [5.41, 5.74) is 2.61. The van der Waals surface area contributed by atoms with E-state index in [9.17, 15) is 4.79 Å². The second-order valence-electron chi connectivity index (χ2n) is 6.44. The molecule has 2 heterocycles. The summed E-state index contributed by atoms with van der Waals surface area (Å²) >= 11 is 0. The van der Waals surface area contributed by atoms with Crippen LogP contribution in [0.15, 0.2) is 36.4 Å². The van der Waals surface area contributed by atoms with Gasteiger partial charge in [0.05, 0.1) is 5.54 Å². The van der Waals surface area contributed by atoms with E-state index in [1.165, 1.54) is 0 Å². The maximum absolute atomic E-state index is 12.7. The zero-order valence-corrected chi connectivity index (χ0v) is 13.8. The molecule has 1 fully saturated rings. The molecule has 2 aromatic heterocycles. The van der Waals surface area contributed by atoms with Gasteiger partial charge in [-0.15, -0.1) is 5.10 Å². The SMILES string of the molecule is Cc1cc(C)n2nc(C(=O)NC3(c4ccccc4)CCC3)nc2n1. The first-order chi connectivity index (χ1) is 11.6. The molecule has 6 nitrogen and oxygen atoms in total. The molecule has 1 aliphatic rings. The van der Waals surface area contributed by atoms with Crippen molar-refractivity contribution in [3.8, 4) is 0 Å². The molecule has 1 N–H and O–H groups in total. The summed E-state index contributed by atoms with van der Waals surface area (Å²) < 4.78 is 1.61. The van der Waals surface area contributed by atoms with Gasteiger partial charge >= 0.3 is 0 Å². The van der Waals surface area contributed by atoms with Crippen LogP contribution in [-0.4, -0.2) is 25.5 Å². The van der Waals surface area contributed by atoms with Crippen LogP contribution in [0.25, 0.3) is 5.78 Å². The van der Waals surface area contributed by atoms with E-state index >= 15 is 0 Å². The van der Waals surface area contributed by atoms with Crippen LogP contribution in [0.4, 0.5) is 0 Å². The van der Waals surface area contributed by atoms with Crippen molar-refractivity contribution in [3.05, 3.63) is 59.2 Å². The molecule has 4 rings (SSSR count). The largest absolute Gasteiger partial charge is 0.340 e. The van der Waals surface area contributed by atoms with Gasteiger partial charge < -0.3 is 5.32 Å². The fourth-order valence-corrected chi connectivity index (χ4v) is 3.31. The molecule has 1 aromatic carbocycles. The molecule has 0 unspecified atom stereocenters. The first kappa shape index (κ1) is 14.8. The van der Waals surface area contributed by atoms with E-state index < -0.39 is 0 Å². The van der Waals surface area contributed by atoms with Crippen LogP contribution in [0.3, 0.4) is 0 Å². The third-order valence-corrected chi connectivity index (χ3v) is 4.71. The monoisotopic (exact) mass is 321 g/mol. The van der Waals surface area contributed by atoms with Crippen LogP contribution in [0.5, 0.6) is 0 Å². The normalized spacial score (nSPS) is 15.9. The van der Waals surface area contributed by atoms with Gasteiger partial charge in [-0.25, -0.2) is 9.50 Å². The summed E-state index contributed by atoms with van der Waals surface area (Å²) in [4.78, 5) is 21.4. The highest BCUT2D eigenvalue weighted by Crippen LogP contribution is 2.41. The highest BCUT2D eigenvalue weighted by molar-refractivity contribution is 5.91. The third-order valence-electron chi connectivity index (χ3n) is 4.71. The van der Waals surface area contributed by atoms with Crippen molar-refractivity contribution in [2.45, 2.75) is 38.6 Å². The minimum absolute atomic E-state index is 0.165. The summed E-state index contributed by atoms with van der Waals surface area (Å²) in [6.07, 6.45) is 2.98. The van der Waals surface area contributed by atoms with Gasteiger partial charge in [0.2, 0.25) is 5.82 Å². The Bertz CT molecular complexity index is 912.